The average molecular weight is 155 g/mol. The highest BCUT2D eigenvalue weighted by Gasteiger charge is 2.51. The van der Waals surface area contributed by atoms with Crippen LogP contribution in [0.25, 0.3) is 0 Å². The smallest absolute Gasteiger partial charge is 0.379 e. The molecule has 0 aliphatic carbocycles. The van der Waals surface area contributed by atoms with Crippen LogP contribution in [0.2, 0.25) is 6.82 Å². The molecule has 64 valence electrons. The molecule has 1 fully saturated rings. The van der Waals surface area contributed by atoms with Crippen LogP contribution in [0.3, 0.4) is 0 Å². The van der Waals surface area contributed by atoms with E-state index in [0.29, 0.717) is 0 Å². The lowest BCUT2D eigenvalue weighted by atomic mass is 9.81. The van der Waals surface area contributed by atoms with E-state index in [1.165, 1.54) is 0 Å². The van der Waals surface area contributed by atoms with Crippen LogP contribution in [0.4, 0.5) is 0 Å². The molecule has 3 heteroatoms. The summed E-state index contributed by atoms with van der Waals surface area (Å²) in [5.41, 5.74) is 0.0909. The van der Waals surface area contributed by atoms with E-state index in [1.807, 2.05) is 0 Å². The zero-order valence-electron chi connectivity index (χ0n) is 8.43. The molecule has 0 radical (unpaired) electrons. The molecule has 0 atom stereocenters. The van der Waals surface area contributed by atoms with Gasteiger partial charge in [-0.1, -0.05) is 0 Å². The molecule has 11 heavy (non-hydrogen) atoms. The number of hydrogen-bond acceptors (Lipinski definition) is 2. The zero-order valence-corrected chi connectivity index (χ0v) is 8.43. The van der Waals surface area contributed by atoms with Crippen molar-refractivity contribution >= 4 is 7.05 Å². The topological polar surface area (TPSA) is 12.5 Å². The lowest BCUT2D eigenvalue weighted by Gasteiger charge is -2.38. The Labute approximate surface area is 70.0 Å². The van der Waals surface area contributed by atoms with Crippen LogP contribution >= 0.6 is 0 Å². The molecule has 0 spiro atoms. The first-order chi connectivity index (χ1) is 4.79. The maximum Gasteiger partial charge on any atom is 0.379 e. The molecular weight excluding hydrogens is 137 g/mol. The van der Waals surface area contributed by atoms with Crippen molar-refractivity contribution in [2.45, 2.75) is 45.7 Å². The van der Waals surface area contributed by atoms with Gasteiger partial charge in [0.2, 0.25) is 0 Å². The first-order valence-corrected chi connectivity index (χ1v) is 4.20. The summed E-state index contributed by atoms with van der Waals surface area (Å²) in [5.74, 6) is 0. The highest BCUT2D eigenvalue weighted by molar-refractivity contribution is 6.48. The minimum absolute atomic E-state index is 0.0405. The normalized spacial score (nSPS) is 29.5. The van der Waals surface area contributed by atoms with Crippen molar-refractivity contribution in [3.05, 3.63) is 0 Å². The third-order valence-corrected chi connectivity index (χ3v) is 3.37. The van der Waals surface area contributed by atoms with E-state index in [4.69, 9.17) is 4.65 Å². The first-order valence-electron chi connectivity index (χ1n) is 4.20. The van der Waals surface area contributed by atoms with E-state index in [9.17, 15) is 0 Å². The Morgan fingerprint density at radius 1 is 1.18 bits per heavy atom. The Kier molecular flexibility index (Phi) is 1.85. The van der Waals surface area contributed by atoms with Gasteiger partial charge in [-0.05, 0) is 41.6 Å². The van der Waals surface area contributed by atoms with E-state index in [-0.39, 0.29) is 18.2 Å². The Balaban J connectivity index is 2.92. The minimum Gasteiger partial charge on any atom is -0.415 e. The second-order valence-electron chi connectivity index (χ2n) is 4.40. The van der Waals surface area contributed by atoms with Gasteiger partial charge in [0, 0.05) is 5.54 Å². The second kappa shape index (κ2) is 2.24. The summed E-state index contributed by atoms with van der Waals surface area (Å²) in [6.07, 6.45) is 0. The third kappa shape index (κ3) is 1.11. The summed E-state index contributed by atoms with van der Waals surface area (Å²) in [7, 11) is 2.35. The fourth-order valence-corrected chi connectivity index (χ4v) is 1.53. The van der Waals surface area contributed by atoms with Gasteiger partial charge in [-0.25, -0.2) is 0 Å². The quantitative estimate of drug-likeness (QED) is 0.493. The predicted molar refractivity (Wildman–Crippen MR) is 48.6 cm³/mol. The summed E-state index contributed by atoms with van der Waals surface area (Å²) in [6, 6.07) is 0. The summed E-state index contributed by atoms with van der Waals surface area (Å²) < 4.78 is 5.80. The summed E-state index contributed by atoms with van der Waals surface area (Å²) in [6.45, 7) is 10.8. The number of likely N-dealkylation sites (N-methyl/N-ethyl adjacent to an activating group) is 1. The number of nitrogens with zero attached hydrogens (tertiary/aromatic N) is 1. The summed E-state index contributed by atoms with van der Waals surface area (Å²) >= 11 is 0. The van der Waals surface area contributed by atoms with Gasteiger partial charge in [-0.2, -0.15) is 0 Å². The van der Waals surface area contributed by atoms with E-state index in [0.717, 1.165) is 0 Å². The van der Waals surface area contributed by atoms with Gasteiger partial charge < -0.3 is 9.47 Å². The largest absolute Gasteiger partial charge is 0.415 e. The molecule has 0 amide bonds. The Hall–Kier alpha value is -0.0151. The Morgan fingerprint density at radius 3 is 1.73 bits per heavy atom. The Bertz CT molecular complexity index is 167. The van der Waals surface area contributed by atoms with Crippen LogP contribution in [0.15, 0.2) is 0 Å². The molecule has 0 bridgehead atoms. The minimum atomic E-state index is -0.0405. The van der Waals surface area contributed by atoms with Gasteiger partial charge in [-0.3, -0.25) is 0 Å². The lowest BCUT2D eigenvalue weighted by molar-refractivity contribution is 0.0507. The molecule has 1 saturated heterocycles. The molecule has 1 heterocycles. The van der Waals surface area contributed by atoms with E-state index >= 15 is 0 Å². The van der Waals surface area contributed by atoms with Gasteiger partial charge in [0.05, 0.1) is 5.60 Å². The average Bonchev–Trinajstić information content (AvgIpc) is 1.93. The van der Waals surface area contributed by atoms with Crippen LogP contribution in [0.1, 0.15) is 27.7 Å². The monoisotopic (exact) mass is 155 g/mol. The molecular formula is C8H18BNO. The summed E-state index contributed by atoms with van der Waals surface area (Å²) in [4.78, 5) is 2.27. The van der Waals surface area contributed by atoms with Gasteiger partial charge in [-0.15, -0.1) is 0 Å². The molecule has 0 unspecified atom stereocenters. The van der Waals surface area contributed by atoms with E-state index in [1.54, 1.807) is 0 Å². The lowest BCUT2D eigenvalue weighted by Crippen LogP contribution is -2.50. The fourth-order valence-electron chi connectivity index (χ4n) is 1.53. The van der Waals surface area contributed by atoms with Gasteiger partial charge in [0.1, 0.15) is 0 Å². The fraction of sp³-hybridized carbons (Fsp3) is 1.00. The van der Waals surface area contributed by atoms with E-state index in [2.05, 4.69) is 46.4 Å². The van der Waals surface area contributed by atoms with Crippen LogP contribution in [0, 0.1) is 0 Å². The van der Waals surface area contributed by atoms with Crippen molar-refractivity contribution in [2.24, 2.45) is 0 Å². The molecule has 0 aromatic carbocycles. The molecule has 0 N–H and O–H groups in total. The van der Waals surface area contributed by atoms with Crippen molar-refractivity contribution in [3.63, 3.8) is 0 Å². The number of rotatable bonds is 0. The number of hydrogen-bond donors (Lipinski definition) is 0. The molecule has 2 nitrogen and oxygen atoms in total. The maximum atomic E-state index is 5.80. The van der Waals surface area contributed by atoms with Gasteiger partial charge >= 0.3 is 7.05 Å². The molecule has 1 rings (SSSR count). The van der Waals surface area contributed by atoms with Crippen molar-refractivity contribution in [3.8, 4) is 0 Å². The predicted octanol–water partition coefficient (Wildman–Crippen LogP) is 1.62. The maximum absolute atomic E-state index is 5.80. The SMILES string of the molecule is CB1OC(C)(C)C(C)(C)N1C. The zero-order chi connectivity index (χ0) is 8.86. The standard InChI is InChI=1S/C8H18BNO/c1-7(2)8(3,4)11-9(5)10(7)6/h1-6H3. The first kappa shape index (κ1) is 9.08. The van der Waals surface area contributed by atoms with Crippen molar-refractivity contribution in [1.29, 1.82) is 0 Å². The molecule has 0 aromatic heterocycles. The van der Waals surface area contributed by atoms with Crippen LogP contribution < -0.4 is 0 Å². The molecule has 1 aliphatic rings. The van der Waals surface area contributed by atoms with Gasteiger partial charge in [0.15, 0.2) is 0 Å². The van der Waals surface area contributed by atoms with Crippen LogP contribution in [0.5, 0.6) is 0 Å². The highest BCUT2D eigenvalue weighted by atomic mass is 16.5. The van der Waals surface area contributed by atoms with Crippen LogP contribution in [-0.2, 0) is 4.65 Å². The Morgan fingerprint density at radius 2 is 1.64 bits per heavy atom. The third-order valence-electron chi connectivity index (χ3n) is 3.37. The highest BCUT2D eigenvalue weighted by Crippen LogP contribution is 2.37. The van der Waals surface area contributed by atoms with Crippen molar-refractivity contribution in [2.75, 3.05) is 7.05 Å². The van der Waals surface area contributed by atoms with E-state index < -0.39 is 0 Å². The molecule has 0 saturated carbocycles. The molecule has 0 aromatic rings. The van der Waals surface area contributed by atoms with Crippen molar-refractivity contribution in [1.82, 2.24) is 4.81 Å². The summed E-state index contributed by atoms with van der Waals surface area (Å²) in [5, 5.41) is 0. The van der Waals surface area contributed by atoms with Crippen LogP contribution in [-0.4, -0.2) is 30.0 Å². The molecule has 1 aliphatic heterocycles. The van der Waals surface area contributed by atoms with Crippen molar-refractivity contribution < 1.29 is 4.65 Å². The second-order valence-corrected chi connectivity index (χ2v) is 4.40. The van der Waals surface area contributed by atoms with Gasteiger partial charge in [0.25, 0.3) is 0 Å².